The Bertz CT molecular complexity index is 923. The lowest BCUT2D eigenvalue weighted by atomic mass is 9.90. The largest absolute Gasteiger partial charge is 0.337 e. The number of nitrogens with zero attached hydrogens (tertiary/aromatic N) is 4. The van der Waals surface area contributed by atoms with E-state index in [9.17, 15) is 4.79 Å². The zero-order chi connectivity index (χ0) is 17.9. The van der Waals surface area contributed by atoms with Crippen LogP contribution in [0.25, 0.3) is 10.9 Å². The maximum Gasteiger partial charge on any atom is 0.274 e. The van der Waals surface area contributed by atoms with Gasteiger partial charge in [-0.3, -0.25) is 14.8 Å². The van der Waals surface area contributed by atoms with E-state index >= 15 is 0 Å². The standard InChI is InChI=1S/C21H22N4O/c1-15-12-24-20(13-23-15)21(26)25-9-3-4-17(14-25)10-16-6-7-19-18(11-16)5-2-8-22-19/h2,5-8,11-13,17H,3-4,9-10,14H2,1H3. The Morgan fingerprint density at radius 1 is 1.19 bits per heavy atom. The zero-order valence-electron chi connectivity index (χ0n) is 14.9. The lowest BCUT2D eigenvalue weighted by Gasteiger charge is -2.32. The van der Waals surface area contributed by atoms with Crippen LogP contribution in [0.3, 0.4) is 0 Å². The molecule has 1 aliphatic heterocycles. The predicted molar refractivity (Wildman–Crippen MR) is 101 cm³/mol. The number of hydrogen-bond acceptors (Lipinski definition) is 4. The summed E-state index contributed by atoms with van der Waals surface area (Å²) < 4.78 is 0. The summed E-state index contributed by atoms with van der Waals surface area (Å²) in [5.41, 5.74) is 3.59. The Labute approximate surface area is 153 Å². The maximum absolute atomic E-state index is 12.7. The van der Waals surface area contributed by atoms with Gasteiger partial charge in [-0.1, -0.05) is 12.1 Å². The molecule has 0 radical (unpaired) electrons. The van der Waals surface area contributed by atoms with E-state index < -0.39 is 0 Å². The van der Waals surface area contributed by atoms with Crippen LogP contribution in [0.15, 0.2) is 48.9 Å². The second-order valence-electron chi connectivity index (χ2n) is 7.04. The van der Waals surface area contributed by atoms with Gasteiger partial charge in [0.2, 0.25) is 0 Å². The Hall–Kier alpha value is -2.82. The summed E-state index contributed by atoms with van der Waals surface area (Å²) in [6, 6.07) is 10.5. The number of carbonyl (C=O) groups excluding carboxylic acids is 1. The molecular weight excluding hydrogens is 324 g/mol. The van der Waals surface area contributed by atoms with Gasteiger partial charge in [-0.2, -0.15) is 0 Å². The van der Waals surface area contributed by atoms with Crippen LogP contribution >= 0.6 is 0 Å². The zero-order valence-corrected chi connectivity index (χ0v) is 14.9. The first-order valence-corrected chi connectivity index (χ1v) is 9.10. The van der Waals surface area contributed by atoms with E-state index in [0.717, 1.165) is 43.6 Å². The predicted octanol–water partition coefficient (Wildman–Crippen LogP) is 3.43. The first-order valence-electron chi connectivity index (χ1n) is 9.10. The third kappa shape index (κ3) is 3.57. The fraction of sp³-hybridized carbons (Fsp3) is 0.333. The van der Waals surface area contributed by atoms with Crippen LogP contribution in [0.1, 0.15) is 34.6 Å². The number of carbonyl (C=O) groups is 1. The molecule has 0 N–H and O–H groups in total. The topological polar surface area (TPSA) is 59.0 Å². The SMILES string of the molecule is Cc1cnc(C(=O)N2CCCC(Cc3ccc4ncccc4c3)C2)cn1. The molecule has 0 bridgehead atoms. The van der Waals surface area contributed by atoms with Gasteiger partial charge in [0.1, 0.15) is 5.69 Å². The lowest BCUT2D eigenvalue weighted by molar-refractivity contribution is 0.0667. The molecule has 0 spiro atoms. The van der Waals surface area contributed by atoms with Crippen LogP contribution in [0, 0.1) is 12.8 Å². The highest BCUT2D eigenvalue weighted by atomic mass is 16.2. The first-order chi connectivity index (χ1) is 12.7. The Morgan fingerprint density at radius 2 is 2.12 bits per heavy atom. The van der Waals surface area contributed by atoms with Crippen LogP contribution in [0.4, 0.5) is 0 Å². The minimum absolute atomic E-state index is 0.00934. The molecule has 132 valence electrons. The number of amides is 1. The second kappa shape index (κ2) is 7.20. The van der Waals surface area contributed by atoms with Crippen molar-refractivity contribution >= 4 is 16.8 Å². The van der Waals surface area contributed by atoms with E-state index in [1.54, 1.807) is 12.4 Å². The maximum atomic E-state index is 12.7. The summed E-state index contributed by atoms with van der Waals surface area (Å²) in [6.45, 7) is 3.45. The van der Waals surface area contributed by atoms with Crippen molar-refractivity contribution in [3.8, 4) is 0 Å². The van der Waals surface area contributed by atoms with Crippen molar-refractivity contribution in [2.45, 2.75) is 26.2 Å². The number of aryl methyl sites for hydroxylation is 1. The minimum atomic E-state index is -0.00934. The lowest BCUT2D eigenvalue weighted by Crippen LogP contribution is -2.40. The molecule has 0 saturated carbocycles. The smallest absolute Gasteiger partial charge is 0.274 e. The van der Waals surface area contributed by atoms with Crippen molar-refractivity contribution in [1.29, 1.82) is 0 Å². The average Bonchev–Trinajstić information content (AvgIpc) is 2.68. The first kappa shape index (κ1) is 16.6. The highest BCUT2D eigenvalue weighted by Gasteiger charge is 2.25. The molecule has 26 heavy (non-hydrogen) atoms. The summed E-state index contributed by atoms with van der Waals surface area (Å²) in [4.78, 5) is 27.4. The van der Waals surface area contributed by atoms with Crippen molar-refractivity contribution in [2.75, 3.05) is 13.1 Å². The normalized spacial score (nSPS) is 17.4. The molecule has 1 fully saturated rings. The Balaban J connectivity index is 1.45. The summed E-state index contributed by atoms with van der Waals surface area (Å²) in [6.07, 6.45) is 8.21. The Kier molecular flexibility index (Phi) is 4.61. The van der Waals surface area contributed by atoms with Gasteiger partial charge in [0.15, 0.2) is 0 Å². The van der Waals surface area contributed by atoms with E-state index in [1.165, 1.54) is 10.9 Å². The van der Waals surface area contributed by atoms with Crippen molar-refractivity contribution in [3.63, 3.8) is 0 Å². The van der Waals surface area contributed by atoms with Gasteiger partial charge < -0.3 is 4.90 Å². The fourth-order valence-electron chi connectivity index (χ4n) is 3.67. The number of piperidine rings is 1. The summed E-state index contributed by atoms with van der Waals surface area (Å²) in [7, 11) is 0. The van der Waals surface area contributed by atoms with Crippen molar-refractivity contribution < 1.29 is 4.79 Å². The quantitative estimate of drug-likeness (QED) is 0.729. The molecule has 2 aromatic heterocycles. The molecule has 5 nitrogen and oxygen atoms in total. The Morgan fingerprint density at radius 3 is 2.96 bits per heavy atom. The summed E-state index contributed by atoms with van der Waals surface area (Å²) in [5.74, 6) is 0.463. The molecule has 3 aromatic rings. The van der Waals surface area contributed by atoms with Gasteiger partial charge in [-0.15, -0.1) is 0 Å². The van der Waals surface area contributed by atoms with E-state index in [4.69, 9.17) is 0 Å². The van der Waals surface area contributed by atoms with Crippen molar-refractivity contribution in [3.05, 3.63) is 65.9 Å². The van der Waals surface area contributed by atoms with Crippen LogP contribution in [0.2, 0.25) is 0 Å². The fourth-order valence-corrected chi connectivity index (χ4v) is 3.67. The third-order valence-electron chi connectivity index (χ3n) is 5.00. The van der Waals surface area contributed by atoms with Gasteiger partial charge in [-0.05, 0) is 55.9 Å². The molecule has 1 aromatic carbocycles. The summed E-state index contributed by atoms with van der Waals surface area (Å²) in [5, 5.41) is 1.17. The number of benzene rings is 1. The molecule has 1 unspecified atom stereocenters. The third-order valence-corrected chi connectivity index (χ3v) is 5.00. The molecule has 1 aliphatic rings. The molecule has 0 aliphatic carbocycles. The molecule has 1 saturated heterocycles. The minimum Gasteiger partial charge on any atom is -0.337 e. The molecule has 5 heteroatoms. The van der Waals surface area contributed by atoms with Crippen molar-refractivity contribution in [2.24, 2.45) is 5.92 Å². The molecule has 1 amide bonds. The van der Waals surface area contributed by atoms with E-state index in [0.29, 0.717) is 11.6 Å². The number of pyridine rings is 1. The van der Waals surface area contributed by atoms with Crippen LogP contribution < -0.4 is 0 Å². The van der Waals surface area contributed by atoms with Gasteiger partial charge in [-0.25, -0.2) is 4.98 Å². The van der Waals surface area contributed by atoms with Gasteiger partial charge in [0, 0.05) is 30.9 Å². The van der Waals surface area contributed by atoms with Crippen molar-refractivity contribution in [1.82, 2.24) is 19.9 Å². The molecule has 4 rings (SSSR count). The van der Waals surface area contributed by atoms with Crippen LogP contribution in [-0.2, 0) is 6.42 Å². The number of rotatable bonds is 3. The second-order valence-corrected chi connectivity index (χ2v) is 7.04. The number of likely N-dealkylation sites (tertiary alicyclic amines) is 1. The van der Waals surface area contributed by atoms with Gasteiger partial charge in [0.05, 0.1) is 17.4 Å². The highest BCUT2D eigenvalue weighted by molar-refractivity contribution is 5.92. The number of aromatic nitrogens is 3. The van der Waals surface area contributed by atoms with Crippen LogP contribution in [-0.4, -0.2) is 38.8 Å². The summed E-state index contributed by atoms with van der Waals surface area (Å²) >= 11 is 0. The van der Waals surface area contributed by atoms with E-state index in [1.807, 2.05) is 24.1 Å². The van der Waals surface area contributed by atoms with Gasteiger partial charge in [0.25, 0.3) is 5.91 Å². The number of fused-ring (bicyclic) bond motifs is 1. The van der Waals surface area contributed by atoms with Crippen LogP contribution in [0.5, 0.6) is 0 Å². The monoisotopic (exact) mass is 346 g/mol. The highest BCUT2D eigenvalue weighted by Crippen LogP contribution is 2.23. The van der Waals surface area contributed by atoms with E-state index in [2.05, 4.69) is 39.2 Å². The molecule has 1 atom stereocenters. The van der Waals surface area contributed by atoms with Gasteiger partial charge >= 0.3 is 0 Å². The molecular formula is C21H22N4O. The average molecular weight is 346 g/mol. The number of hydrogen-bond donors (Lipinski definition) is 0. The van der Waals surface area contributed by atoms with E-state index in [-0.39, 0.29) is 5.91 Å². The molecule has 3 heterocycles.